The highest BCUT2D eigenvalue weighted by molar-refractivity contribution is 5.59. The van der Waals surface area contributed by atoms with Crippen LogP contribution in [0.1, 0.15) is 18.7 Å². The van der Waals surface area contributed by atoms with Gasteiger partial charge in [0.2, 0.25) is 17.6 Å². The molecule has 3 N–H and O–H groups in total. The number of nitrogens with zero attached hydrogens (tertiary/aromatic N) is 5. The Morgan fingerprint density at radius 1 is 1.23 bits per heavy atom. The third-order valence-electron chi connectivity index (χ3n) is 4.70. The number of methoxy groups -OCH3 is 1. The second-order valence-corrected chi connectivity index (χ2v) is 6.85. The molecule has 4 rings (SSSR count). The highest BCUT2D eigenvalue weighted by Gasteiger charge is 2.23. The second-order valence-electron chi connectivity index (χ2n) is 6.85. The largest absolute Gasteiger partial charge is 0.480 e. The first-order valence-corrected chi connectivity index (χ1v) is 9.68. The molecule has 0 aromatic carbocycles. The van der Waals surface area contributed by atoms with E-state index in [1.54, 1.807) is 17.9 Å². The van der Waals surface area contributed by atoms with E-state index in [1.807, 2.05) is 0 Å². The van der Waals surface area contributed by atoms with E-state index in [-0.39, 0.29) is 17.6 Å². The number of H-pyrrole nitrogens is 1. The van der Waals surface area contributed by atoms with Gasteiger partial charge in [-0.3, -0.25) is 10.1 Å². The maximum atomic E-state index is 15.4. The van der Waals surface area contributed by atoms with Gasteiger partial charge in [-0.1, -0.05) is 0 Å². The number of anilines is 4. The van der Waals surface area contributed by atoms with Crippen molar-refractivity contribution >= 4 is 23.4 Å². The number of pyridine rings is 1. The molecule has 1 fully saturated rings. The van der Waals surface area contributed by atoms with Crippen molar-refractivity contribution in [3.63, 3.8) is 0 Å². The van der Waals surface area contributed by atoms with Crippen LogP contribution in [-0.4, -0.2) is 58.6 Å². The summed E-state index contributed by atoms with van der Waals surface area (Å²) in [6.07, 6.45) is 1.11. The Morgan fingerprint density at radius 2 is 2.03 bits per heavy atom. The van der Waals surface area contributed by atoms with Crippen LogP contribution in [-0.2, 0) is 4.74 Å². The minimum atomic E-state index is -0.594. The molecular formula is C19H22F2N8O2. The van der Waals surface area contributed by atoms with Crippen LogP contribution in [0, 0.1) is 11.6 Å². The Kier molecular flexibility index (Phi) is 6.07. The Morgan fingerprint density at radius 3 is 2.71 bits per heavy atom. The number of hydrogen-bond acceptors (Lipinski definition) is 9. The van der Waals surface area contributed by atoms with Gasteiger partial charge < -0.3 is 25.0 Å². The number of ether oxygens (including phenoxy) is 2. The second kappa shape index (κ2) is 9.08. The maximum absolute atomic E-state index is 15.4. The lowest BCUT2D eigenvalue weighted by molar-refractivity contribution is 0.122. The highest BCUT2D eigenvalue weighted by atomic mass is 19.1. The van der Waals surface area contributed by atoms with Crippen LogP contribution in [0.15, 0.2) is 24.4 Å². The van der Waals surface area contributed by atoms with Crippen molar-refractivity contribution in [3.8, 4) is 5.88 Å². The quantitative estimate of drug-likeness (QED) is 0.518. The number of nitrogens with one attached hydrogen (secondary N) is 3. The van der Waals surface area contributed by atoms with Gasteiger partial charge in [0.15, 0.2) is 11.6 Å². The zero-order chi connectivity index (χ0) is 21.8. The van der Waals surface area contributed by atoms with Gasteiger partial charge in [0.05, 0.1) is 38.3 Å². The first kappa shape index (κ1) is 20.7. The highest BCUT2D eigenvalue weighted by Crippen LogP contribution is 2.29. The van der Waals surface area contributed by atoms with E-state index in [0.717, 1.165) is 6.20 Å². The molecule has 0 amide bonds. The molecular weight excluding hydrogens is 410 g/mol. The molecule has 1 aliphatic rings. The van der Waals surface area contributed by atoms with Crippen LogP contribution in [0.2, 0.25) is 0 Å². The first-order chi connectivity index (χ1) is 15.0. The van der Waals surface area contributed by atoms with Crippen LogP contribution in [0.5, 0.6) is 5.88 Å². The van der Waals surface area contributed by atoms with Crippen molar-refractivity contribution in [1.29, 1.82) is 0 Å². The zero-order valence-electron chi connectivity index (χ0n) is 17.0. The fourth-order valence-corrected chi connectivity index (χ4v) is 3.09. The third-order valence-corrected chi connectivity index (χ3v) is 4.70. The number of halogens is 2. The molecule has 0 saturated carbocycles. The molecule has 10 nitrogen and oxygen atoms in total. The van der Waals surface area contributed by atoms with E-state index in [2.05, 4.69) is 35.8 Å². The Balaban J connectivity index is 1.65. The number of aromatic nitrogens is 5. The summed E-state index contributed by atoms with van der Waals surface area (Å²) in [6, 6.07) is 4.03. The standard InChI is InChI=1S/C19H22F2N8O2/c1-11(13-4-3-12(20)10-22-13)23-17-16(21)18(29-5-7-31-8-6-29)26-19(25-17)24-14-9-15(30-2)28-27-14/h3-4,9-11H,5-8H2,1-2H3,(H3,23,24,25,26,27,28)/t11-/m0/s1. The smallest absolute Gasteiger partial charge is 0.234 e. The summed E-state index contributed by atoms with van der Waals surface area (Å²) in [5.41, 5.74) is 0.542. The van der Waals surface area contributed by atoms with E-state index < -0.39 is 17.7 Å². The van der Waals surface area contributed by atoms with Gasteiger partial charge in [0.25, 0.3) is 0 Å². The third kappa shape index (κ3) is 4.79. The molecule has 0 bridgehead atoms. The minimum absolute atomic E-state index is 0.0101. The van der Waals surface area contributed by atoms with Gasteiger partial charge in [0, 0.05) is 19.2 Å². The lowest BCUT2D eigenvalue weighted by atomic mass is 10.2. The van der Waals surface area contributed by atoms with Gasteiger partial charge in [-0.15, -0.1) is 5.10 Å². The zero-order valence-corrected chi connectivity index (χ0v) is 17.0. The fraction of sp³-hybridized carbons (Fsp3) is 0.368. The molecule has 4 heterocycles. The first-order valence-electron chi connectivity index (χ1n) is 9.68. The fourth-order valence-electron chi connectivity index (χ4n) is 3.09. The van der Waals surface area contributed by atoms with E-state index in [1.165, 1.54) is 19.2 Å². The molecule has 164 valence electrons. The van der Waals surface area contributed by atoms with E-state index in [4.69, 9.17) is 9.47 Å². The van der Waals surface area contributed by atoms with Gasteiger partial charge >= 0.3 is 0 Å². The van der Waals surface area contributed by atoms with E-state index in [9.17, 15) is 4.39 Å². The SMILES string of the molecule is COc1cc(Nc2nc(N[C@@H](C)c3ccc(F)cn3)c(F)c(N3CCOCC3)n2)[nH]n1. The Hall–Kier alpha value is -3.54. The van der Waals surface area contributed by atoms with Crippen LogP contribution in [0.3, 0.4) is 0 Å². The molecule has 0 spiro atoms. The van der Waals surface area contributed by atoms with Crippen molar-refractivity contribution in [3.05, 3.63) is 41.7 Å². The van der Waals surface area contributed by atoms with E-state index >= 15 is 4.39 Å². The number of rotatable bonds is 7. The average Bonchev–Trinajstić information content (AvgIpc) is 3.24. The van der Waals surface area contributed by atoms with Crippen LogP contribution in [0.25, 0.3) is 0 Å². The summed E-state index contributed by atoms with van der Waals surface area (Å²) in [5, 5.41) is 12.7. The Bertz CT molecular complexity index is 1020. The van der Waals surface area contributed by atoms with Crippen molar-refractivity contribution in [2.24, 2.45) is 0 Å². The normalized spacial score (nSPS) is 14.9. The average molecular weight is 432 g/mol. The molecule has 3 aromatic heterocycles. The van der Waals surface area contributed by atoms with Crippen LogP contribution >= 0.6 is 0 Å². The number of aromatic amines is 1. The molecule has 31 heavy (non-hydrogen) atoms. The molecule has 1 atom stereocenters. The molecule has 0 radical (unpaired) electrons. The molecule has 1 aliphatic heterocycles. The Labute approximate surface area is 177 Å². The summed E-state index contributed by atoms with van der Waals surface area (Å²) in [4.78, 5) is 14.5. The predicted octanol–water partition coefficient (Wildman–Crippen LogP) is 2.63. The van der Waals surface area contributed by atoms with Gasteiger partial charge in [0.1, 0.15) is 11.6 Å². The van der Waals surface area contributed by atoms with Gasteiger partial charge in [-0.25, -0.2) is 4.39 Å². The maximum Gasteiger partial charge on any atom is 0.234 e. The lowest BCUT2D eigenvalue weighted by Gasteiger charge is -2.29. The van der Waals surface area contributed by atoms with Crippen molar-refractivity contribution in [2.75, 3.05) is 48.9 Å². The summed E-state index contributed by atoms with van der Waals surface area (Å²) < 4.78 is 39.0. The monoisotopic (exact) mass is 432 g/mol. The van der Waals surface area contributed by atoms with E-state index in [0.29, 0.717) is 43.7 Å². The number of morpholine rings is 1. The molecule has 0 unspecified atom stereocenters. The molecule has 3 aromatic rings. The predicted molar refractivity (Wildman–Crippen MR) is 110 cm³/mol. The molecule has 0 aliphatic carbocycles. The topological polar surface area (TPSA) is 113 Å². The van der Waals surface area contributed by atoms with Crippen LogP contribution in [0.4, 0.5) is 32.2 Å². The minimum Gasteiger partial charge on any atom is -0.480 e. The summed E-state index contributed by atoms with van der Waals surface area (Å²) in [5.74, 6) is 0.126. The lowest BCUT2D eigenvalue weighted by Crippen LogP contribution is -2.37. The molecule has 12 heteroatoms. The van der Waals surface area contributed by atoms with Gasteiger partial charge in [-0.05, 0) is 19.1 Å². The van der Waals surface area contributed by atoms with Gasteiger partial charge in [-0.2, -0.15) is 14.4 Å². The van der Waals surface area contributed by atoms with Crippen molar-refractivity contribution < 1.29 is 18.3 Å². The summed E-state index contributed by atoms with van der Waals surface area (Å²) in [6.45, 7) is 3.73. The van der Waals surface area contributed by atoms with Crippen molar-refractivity contribution in [2.45, 2.75) is 13.0 Å². The molecule has 1 saturated heterocycles. The summed E-state index contributed by atoms with van der Waals surface area (Å²) in [7, 11) is 1.50. The van der Waals surface area contributed by atoms with Crippen LogP contribution < -0.4 is 20.3 Å². The number of hydrogen-bond donors (Lipinski definition) is 3. The van der Waals surface area contributed by atoms with Crippen molar-refractivity contribution in [1.82, 2.24) is 25.1 Å². The summed E-state index contributed by atoms with van der Waals surface area (Å²) >= 11 is 0.